The van der Waals surface area contributed by atoms with E-state index in [1.807, 2.05) is 11.0 Å². The number of carbonyl (C=O) groups is 2. The Labute approximate surface area is 156 Å². The van der Waals surface area contributed by atoms with Gasteiger partial charge in [0.2, 0.25) is 5.91 Å². The van der Waals surface area contributed by atoms with Gasteiger partial charge in [0, 0.05) is 44.6 Å². The molecule has 0 radical (unpaired) electrons. The lowest BCUT2D eigenvalue weighted by molar-refractivity contribution is -0.149. The minimum absolute atomic E-state index is 0.233. The molecule has 1 saturated heterocycles. The van der Waals surface area contributed by atoms with Crippen LogP contribution in [-0.4, -0.2) is 47.7 Å². The van der Waals surface area contributed by atoms with Crippen molar-refractivity contribution < 1.29 is 9.59 Å². The molecule has 2 atom stereocenters. The number of piperazine rings is 1. The van der Waals surface area contributed by atoms with Crippen molar-refractivity contribution in [3.63, 3.8) is 0 Å². The quantitative estimate of drug-likeness (QED) is 0.837. The minimum atomic E-state index is -0.472. The number of fused-ring (bicyclic) bond motifs is 2. The summed E-state index contributed by atoms with van der Waals surface area (Å²) in [6.07, 6.45) is 2.17. The topological polar surface area (TPSA) is 40.6 Å². The number of hydrogen-bond acceptors (Lipinski definition) is 3. The van der Waals surface area contributed by atoms with E-state index in [1.165, 1.54) is 5.56 Å². The molecule has 0 spiro atoms. The molecule has 140 valence electrons. The lowest BCUT2D eigenvalue weighted by Crippen LogP contribution is -2.55. The number of nitrogens with zero attached hydrogens (tertiary/aromatic N) is 2. The van der Waals surface area contributed by atoms with Crippen molar-refractivity contribution in [1.82, 2.24) is 9.80 Å². The van der Waals surface area contributed by atoms with Crippen molar-refractivity contribution in [1.29, 1.82) is 0 Å². The van der Waals surface area contributed by atoms with Crippen LogP contribution < -0.4 is 0 Å². The summed E-state index contributed by atoms with van der Waals surface area (Å²) in [5, 5.41) is 0. The Morgan fingerprint density at radius 1 is 1.00 bits per heavy atom. The summed E-state index contributed by atoms with van der Waals surface area (Å²) in [6, 6.07) is 10.5. The van der Waals surface area contributed by atoms with Gasteiger partial charge in [0.25, 0.3) is 0 Å². The molecule has 4 rings (SSSR count). The maximum atomic E-state index is 13.5. The highest BCUT2D eigenvalue weighted by atomic mass is 16.2. The van der Waals surface area contributed by atoms with Gasteiger partial charge >= 0.3 is 0 Å². The fraction of sp³-hybridized carbons (Fsp3) is 0.636. The summed E-state index contributed by atoms with van der Waals surface area (Å²) >= 11 is 0. The van der Waals surface area contributed by atoms with Gasteiger partial charge in [-0.1, -0.05) is 51.1 Å². The predicted octanol–water partition coefficient (Wildman–Crippen LogP) is 3.12. The Balaban J connectivity index is 1.44. The molecule has 2 aliphatic carbocycles. The molecule has 1 amide bonds. The van der Waals surface area contributed by atoms with Crippen LogP contribution in [0.1, 0.15) is 45.6 Å². The largest absolute Gasteiger partial charge is 0.340 e. The summed E-state index contributed by atoms with van der Waals surface area (Å²) in [6.45, 7) is 10.7. The van der Waals surface area contributed by atoms with E-state index in [9.17, 15) is 9.59 Å². The average molecular weight is 354 g/mol. The summed E-state index contributed by atoms with van der Waals surface area (Å²) in [5.41, 5.74) is 0.285. The Kier molecular flexibility index (Phi) is 4.03. The van der Waals surface area contributed by atoms with Gasteiger partial charge in [0.1, 0.15) is 5.78 Å². The number of hydrogen-bond donors (Lipinski definition) is 0. The lowest BCUT2D eigenvalue weighted by Gasteiger charge is -2.44. The molecular weight excluding hydrogens is 324 g/mol. The van der Waals surface area contributed by atoms with Crippen LogP contribution >= 0.6 is 0 Å². The Hall–Kier alpha value is -1.68. The number of benzene rings is 1. The molecule has 2 saturated carbocycles. The van der Waals surface area contributed by atoms with Gasteiger partial charge in [-0.3, -0.25) is 14.5 Å². The van der Waals surface area contributed by atoms with Crippen molar-refractivity contribution in [2.75, 3.05) is 26.2 Å². The highest BCUT2D eigenvalue weighted by Crippen LogP contribution is 2.71. The van der Waals surface area contributed by atoms with E-state index in [-0.39, 0.29) is 16.7 Å². The van der Waals surface area contributed by atoms with Crippen LogP contribution in [0.25, 0.3) is 0 Å². The second-order valence-electron chi connectivity index (χ2n) is 9.19. The summed E-state index contributed by atoms with van der Waals surface area (Å²) in [4.78, 5) is 30.6. The molecule has 1 aromatic rings. The zero-order chi connectivity index (χ0) is 18.6. The van der Waals surface area contributed by atoms with E-state index in [0.29, 0.717) is 12.2 Å². The molecule has 4 nitrogen and oxygen atoms in total. The van der Waals surface area contributed by atoms with Gasteiger partial charge in [0.05, 0.1) is 5.41 Å². The van der Waals surface area contributed by atoms with E-state index in [2.05, 4.69) is 49.9 Å². The molecule has 2 bridgehead atoms. The fourth-order valence-electron chi connectivity index (χ4n) is 5.59. The Bertz CT molecular complexity index is 721. The Morgan fingerprint density at radius 3 is 2.19 bits per heavy atom. The summed E-state index contributed by atoms with van der Waals surface area (Å²) in [7, 11) is 0. The second-order valence-corrected chi connectivity index (χ2v) is 9.19. The number of rotatable bonds is 3. The van der Waals surface area contributed by atoms with Crippen LogP contribution in [0.3, 0.4) is 0 Å². The average Bonchev–Trinajstić information content (AvgIpc) is 2.93. The second kappa shape index (κ2) is 5.91. The molecule has 26 heavy (non-hydrogen) atoms. The van der Waals surface area contributed by atoms with Crippen LogP contribution in [0, 0.1) is 16.2 Å². The van der Waals surface area contributed by atoms with Crippen LogP contribution in [0.2, 0.25) is 0 Å². The highest BCUT2D eigenvalue weighted by Gasteiger charge is 2.73. The molecule has 4 heteroatoms. The van der Waals surface area contributed by atoms with Crippen LogP contribution in [0.5, 0.6) is 0 Å². The van der Waals surface area contributed by atoms with Crippen molar-refractivity contribution in [2.24, 2.45) is 16.2 Å². The molecule has 3 aliphatic rings. The molecular formula is C22H30N2O2. The molecule has 1 heterocycles. The first-order valence-corrected chi connectivity index (χ1v) is 9.89. The summed E-state index contributed by atoms with van der Waals surface area (Å²) < 4.78 is 0. The van der Waals surface area contributed by atoms with Gasteiger partial charge in [-0.15, -0.1) is 0 Å². The zero-order valence-corrected chi connectivity index (χ0v) is 16.3. The van der Waals surface area contributed by atoms with Gasteiger partial charge in [0.15, 0.2) is 0 Å². The number of ketones is 1. The number of amides is 1. The standard InChI is InChI=1S/C22H30N2O2/c1-20(2)21(3)9-10-22(20,15-18(21)25)19(26)24-13-11-23(12-14-24)16-17-7-5-4-6-8-17/h4-8H,9-16H2,1-3H3. The third-order valence-corrected chi connectivity index (χ3v) is 8.02. The fourth-order valence-corrected chi connectivity index (χ4v) is 5.59. The maximum absolute atomic E-state index is 13.5. The molecule has 1 aromatic carbocycles. The van der Waals surface area contributed by atoms with Gasteiger partial charge < -0.3 is 4.90 Å². The number of Topliss-reactive ketones (excluding diaryl/α,β-unsaturated/α-hetero) is 1. The van der Waals surface area contributed by atoms with E-state index in [0.717, 1.165) is 45.6 Å². The SMILES string of the molecule is CC12CCC(C(=O)N3CCN(Cc4ccccc4)CC3)(CC1=O)C2(C)C. The normalized spacial score (nSPS) is 33.7. The summed E-state index contributed by atoms with van der Waals surface area (Å²) in [5.74, 6) is 0.529. The first kappa shape index (κ1) is 17.7. The monoisotopic (exact) mass is 354 g/mol. The van der Waals surface area contributed by atoms with E-state index in [4.69, 9.17) is 0 Å². The molecule has 0 aromatic heterocycles. The number of carbonyl (C=O) groups excluding carboxylic acids is 2. The lowest BCUT2D eigenvalue weighted by atomic mass is 9.64. The van der Waals surface area contributed by atoms with Crippen molar-refractivity contribution in [3.05, 3.63) is 35.9 Å². The maximum Gasteiger partial charge on any atom is 0.229 e. The first-order chi connectivity index (χ1) is 12.3. The van der Waals surface area contributed by atoms with Crippen molar-refractivity contribution in [3.8, 4) is 0 Å². The first-order valence-electron chi connectivity index (χ1n) is 9.89. The van der Waals surface area contributed by atoms with E-state index >= 15 is 0 Å². The van der Waals surface area contributed by atoms with Crippen LogP contribution in [0.4, 0.5) is 0 Å². The van der Waals surface area contributed by atoms with Gasteiger partial charge in [-0.2, -0.15) is 0 Å². The molecule has 0 N–H and O–H groups in total. The van der Waals surface area contributed by atoms with E-state index in [1.54, 1.807) is 0 Å². The van der Waals surface area contributed by atoms with Gasteiger partial charge in [-0.05, 0) is 23.8 Å². The third kappa shape index (κ3) is 2.31. The molecule has 2 unspecified atom stereocenters. The zero-order valence-electron chi connectivity index (χ0n) is 16.3. The third-order valence-electron chi connectivity index (χ3n) is 8.02. The van der Waals surface area contributed by atoms with Crippen molar-refractivity contribution >= 4 is 11.7 Å². The van der Waals surface area contributed by atoms with Crippen LogP contribution in [0.15, 0.2) is 30.3 Å². The molecule has 3 fully saturated rings. The minimum Gasteiger partial charge on any atom is -0.340 e. The van der Waals surface area contributed by atoms with Crippen LogP contribution in [-0.2, 0) is 16.1 Å². The smallest absolute Gasteiger partial charge is 0.229 e. The molecule has 1 aliphatic heterocycles. The van der Waals surface area contributed by atoms with Crippen molar-refractivity contribution in [2.45, 2.75) is 46.6 Å². The van der Waals surface area contributed by atoms with E-state index < -0.39 is 5.41 Å². The predicted molar refractivity (Wildman–Crippen MR) is 101 cm³/mol. The highest BCUT2D eigenvalue weighted by molar-refractivity contribution is 5.99. The Morgan fingerprint density at radius 2 is 1.65 bits per heavy atom. The van der Waals surface area contributed by atoms with Gasteiger partial charge in [-0.25, -0.2) is 0 Å².